The van der Waals surface area contributed by atoms with Crippen LogP contribution in [0.2, 0.25) is 0 Å². The second kappa shape index (κ2) is 7.28. The molecule has 0 aliphatic heterocycles. The lowest BCUT2D eigenvalue weighted by Gasteiger charge is -2.18. The van der Waals surface area contributed by atoms with E-state index in [9.17, 15) is 9.59 Å². The van der Waals surface area contributed by atoms with Crippen molar-refractivity contribution in [1.29, 1.82) is 0 Å². The van der Waals surface area contributed by atoms with Crippen LogP contribution in [0.15, 0.2) is 50.5 Å². The average molecular weight is 399 g/mol. The molecule has 1 atom stereocenters. The fourth-order valence-electron chi connectivity index (χ4n) is 2.92. The molecule has 0 aliphatic rings. The highest BCUT2D eigenvalue weighted by Crippen LogP contribution is 2.25. The number of fused-ring (bicyclic) bond motifs is 2. The summed E-state index contributed by atoms with van der Waals surface area (Å²) in [4.78, 5) is 37.2. The number of H-pyrrole nitrogens is 1. The number of rotatable bonds is 5. The Morgan fingerprint density at radius 1 is 1.19 bits per heavy atom. The summed E-state index contributed by atoms with van der Waals surface area (Å²) in [7, 11) is 0. The predicted octanol–water partition coefficient (Wildman–Crippen LogP) is 3.96. The van der Waals surface area contributed by atoms with Gasteiger partial charge in [0.05, 0.1) is 22.2 Å². The fraction of sp³-hybridized carbons (Fsp3) is 0.263. The lowest BCUT2D eigenvalue weighted by molar-refractivity contribution is 0.468. The molecule has 3 heterocycles. The first-order valence-corrected chi connectivity index (χ1v) is 10.6. The molecule has 0 saturated heterocycles. The summed E-state index contributed by atoms with van der Waals surface area (Å²) < 4.78 is 2.37. The molecule has 0 saturated carbocycles. The quantitative estimate of drug-likeness (QED) is 0.407. The van der Waals surface area contributed by atoms with Gasteiger partial charge in [0, 0.05) is 6.04 Å². The van der Waals surface area contributed by atoms with Gasteiger partial charge in [-0.1, -0.05) is 30.8 Å². The first kappa shape index (κ1) is 17.9. The zero-order chi connectivity index (χ0) is 19.0. The number of benzene rings is 1. The molecule has 1 N–H and O–H groups in total. The Morgan fingerprint density at radius 3 is 2.81 bits per heavy atom. The Kier molecular flexibility index (Phi) is 4.84. The Bertz CT molecular complexity index is 1240. The Balaban J connectivity index is 1.75. The largest absolute Gasteiger partial charge is 0.309 e. The molecular weight excluding hydrogens is 380 g/mol. The van der Waals surface area contributed by atoms with Crippen molar-refractivity contribution in [1.82, 2.24) is 19.5 Å². The number of aromatic nitrogens is 4. The second-order valence-corrected chi connectivity index (χ2v) is 8.14. The molecule has 4 aromatic rings. The van der Waals surface area contributed by atoms with Crippen molar-refractivity contribution >= 4 is 44.2 Å². The number of nitrogens with zero attached hydrogens (tertiary/aromatic N) is 3. The average Bonchev–Trinajstić information content (AvgIpc) is 3.15. The Morgan fingerprint density at radius 2 is 2.00 bits per heavy atom. The molecule has 3 aromatic heterocycles. The first-order valence-electron chi connectivity index (χ1n) is 8.69. The molecule has 0 bridgehead atoms. The maximum Gasteiger partial charge on any atom is 0.268 e. The third-order valence-corrected chi connectivity index (χ3v) is 6.38. The monoisotopic (exact) mass is 398 g/mol. The van der Waals surface area contributed by atoms with E-state index in [0.717, 1.165) is 6.42 Å². The molecule has 4 rings (SSSR count). The summed E-state index contributed by atoms with van der Waals surface area (Å²) in [6, 6.07) is 9.25. The maximum atomic E-state index is 13.0. The van der Waals surface area contributed by atoms with E-state index in [1.807, 2.05) is 49.6 Å². The standard InChI is InChI=1S/C19H18N4O2S2/c1-3-11(2)23-18(25)12-6-4-5-7-13(12)21-19(23)27-10-15-20-14-8-9-26-16(14)17(24)22-15/h4-9,11H,3,10H2,1-2H3,(H,20,22,24)/t11-/m1/s1. The van der Waals surface area contributed by atoms with E-state index in [0.29, 0.717) is 37.9 Å². The van der Waals surface area contributed by atoms with Crippen LogP contribution in [0.5, 0.6) is 0 Å². The molecule has 0 fully saturated rings. The highest BCUT2D eigenvalue weighted by molar-refractivity contribution is 7.98. The third-order valence-electron chi connectivity index (χ3n) is 4.51. The van der Waals surface area contributed by atoms with Crippen LogP contribution in [-0.4, -0.2) is 19.5 Å². The third kappa shape index (κ3) is 3.30. The number of thiophene rings is 1. The van der Waals surface area contributed by atoms with Gasteiger partial charge in [-0.15, -0.1) is 11.3 Å². The molecule has 138 valence electrons. The van der Waals surface area contributed by atoms with Gasteiger partial charge < -0.3 is 4.98 Å². The van der Waals surface area contributed by atoms with Crippen molar-refractivity contribution in [3.8, 4) is 0 Å². The lowest BCUT2D eigenvalue weighted by Crippen LogP contribution is -2.26. The first-order chi connectivity index (χ1) is 13.1. The van der Waals surface area contributed by atoms with Gasteiger partial charge in [0.2, 0.25) is 0 Å². The van der Waals surface area contributed by atoms with Crippen molar-refractivity contribution in [2.75, 3.05) is 0 Å². The number of hydrogen-bond donors (Lipinski definition) is 1. The summed E-state index contributed by atoms with van der Waals surface area (Å²) in [6.45, 7) is 4.06. The summed E-state index contributed by atoms with van der Waals surface area (Å²) >= 11 is 2.79. The van der Waals surface area contributed by atoms with E-state index < -0.39 is 0 Å². The predicted molar refractivity (Wildman–Crippen MR) is 111 cm³/mol. The molecule has 27 heavy (non-hydrogen) atoms. The van der Waals surface area contributed by atoms with Gasteiger partial charge in [-0.3, -0.25) is 14.2 Å². The molecule has 0 amide bonds. The van der Waals surface area contributed by atoms with Crippen molar-refractivity contribution in [3.05, 3.63) is 62.2 Å². The van der Waals surface area contributed by atoms with E-state index in [-0.39, 0.29) is 17.2 Å². The smallest absolute Gasteiger partial charge is 0.268 e. The SMILES string of the molecule is CC[C@@H](C)n1c(SCc2nc3ccsc3c(=O)[nH]2)nc2ccccc2c1=O. The zero-order valence-electron chi connectivity index (χ0n) is 14.9. The normalized spacial score (nSPS) is 12.7. The number of hydrogen-bond acceptors (Lipinski definition) is 6. The van der Waals surface area contributed by atoms with E-state index in [1.54, 1.807) is 4.57 Å². The van der Waals surface area contributed by atoms with Crippen LogP contribution < -0.4 is 11.1 Å². The highest BCUT2D eigenvalue weighted by atomic mass is 32.2. The van der Waals surface area contributed by atoms with Crippen LogP contribution in [-0.2, 0) is 5.75 Å². The van der Waals surface area contributed by atoms with Gasteiger partial charge in [0.1, 0.15) is 10.5 Å². The molecule has 8 heteroatoms. The van der Waals surface area contributed by atoms with Crippen LogP contribution >= 0.6 is 23.1 Å². The van der Waals surface area contributed by atoms with Crippen LogP contribution in [0.1, 0.15) is 32.1 Å². The van der Waals surface area contributed by atoms with Gasteiger partial charge in [-0.25, -0.2) is 9.97 Å². The minimum atomic E-state index is -0.128. The summed E-state index contributed by atoms with van der Waals surface area (Å²) in [5, 5.41) is 3.12. The van der Waals surface area contributed by atoms with Gasteiger partial charge in [0.25, 0.3) is 11.1 Å². The minimum Gasteiger partial charge on any atom is -0.309 e. The van der Waals surface area contributed by atoms with Gasteiger partial charge in [-0.05, 0) is 36.9 Å². The van der Waals surface area contributed by atoms with Gasteiger partial charge >= 0.3 is 0 Å². The topological polar surface area (TPSA) is 80.6 Å². The van der Waals surface area contributed by atoms with Crippen molar-refractivity contribution in [2.24, 2.45) is 0 Å². The Labute approximate surface area is 163 Å². The molecule has 0 aliphatic carbocycles. The minimum absolute atomic E-state index is 0.0310. The number of nitrogens with one attached hydrogen (secondary N) is 1. The van der Waals surface area contributed by atoms with E-state index >= 15 is 0 Å². The highest BCUT2D eigenvalue weighted by Gasteiger charge is 2.16. The van der Waals surface area contributed by atoms with Crippen molar-refractivity contribution in [2.45, 2.75) is 37.2 Å². The zero-order valence-corrected chi connectivity index (χ0v) is 16.6. The fourth-order valence-corrected chi connectivity index (χ4v) is 4.61. The number of aromatic amines is 1. The molecule has 0 unspecified atom stereocenters. The van der Waals surface area contributed by atoms with E-state index in [2.05, 4.69) is 9.97 Å². The molecule has 0 radical (unpaired) electrons. The van der Waals surface area contributed by atoms with Gasteiger partial charge in [0.15, 0.2) is 5.16 Å². The van der Waals surface area contributed by atoms with Crippen LogP contribution in [0, 0.1) is 0 Å². The molecular formula is C19H18N4O2S2. The van der Waals surface area contributed by atoms with Gasteiger partial charge in [-0.2, -0.15) is 0 Å². The maximum absolute atomic E-state index is 13.0. The van der Waals surface area contributed by atoms with Crippen LogP contribution in [0.25, 0.3) is 21.1 Å². The van der Waals surface area contributed by atoms with Crippen LogP contribution in [0.3, 0.4) is 0 Å². The second-order valence-electron chi connectivity index (χ2n) is 6.28. The molecule has 1 aromatic carbocycles. The molecule has 6 nitrogen and oxygen atoms in total. The lowest BCUT2D eigenvalue weighted by atomic mass is 10.2. The Hall–Kier alpha value is -2.45. The van der Waals surface area contributed by atoms with E-state index in [4.69, 9.17) is 4.98 Å². The van der Waals surface area contributed by atoms with Crippen LogP contribution in [0.4, 0.5) is 0 Å². The molecule has 0 spiro atoms. The summed E-state index contributed by atoms with van der Waals surface area (Å²) in [6.07, 6.45) is 0.823. The number of thioether (sulfide) groups is 1. The van der Waals surface area contributed by atoms with Crippen molar-refractivity contribution < 1.29 is 0 Å². The number of para-hydroxylation sites is 1. The summed E-state index contributed by atoms with van der Waals surface area (Å²) in [5.41, 5.74) is 1.22. The summed E-state index contributed by atoms with van der Waals surface area (Å²) in [5.74, 6) is 1.01. The van der Waals surface area contributed by atoms with Crippen molar-refractivity contribution in [3.63, 3.8) is 0 Å². The van der Waals surface area contributed by atoms with E-state index in [1.165, 1.54) is 23.1 Å².